The molecular formula is C23H28FNO5S. The normalized spacial score (nSPS) is 13.0. The molecule has 0 saturated carbocycles. The molecule has 0 aliphatic heterocycles. The van der Waals surface area contributed by atoms with Crippen molar-refractivity contribution in [3.63, 3.8) is 0 Å². The van der Waals surface area contributed by atoms with Gasteiger partial charge in [0.2, 0.25) is 10.0 Å². The van der Waals surface area contributed by atoms with E-state index in [1.54, 1.807) is 39.8 Å². The lowest BCUT2D eigenvalue weighted by atomic mass is 9.91. The minimum absolute atomic E-state index is 0.0250. The van der Waals surface area contributed by atoms with Crippen LogP contribution in [-0.2, 0) is 19.6 Å². The lowest BCUT2D eigenvalue weighted by Crippen LogP contribution is -2.40. The number of halogens is 1. The number of ether oxygens (including phenoxy) is 1. The van der Waals surface area contributed by atoms with Gasteiger partial charge in [0.05, 0.1) is 11.5 Å². The summed E-state index contributed by atoms with van der Waals surface area (Å²) in [5, 5.41) is 9.51. The first-order chi connectivity index (χ1) is 14.5. The summed E-state index contributed by atoms with van der Waals surface area (Å²) in [4.78, 5) is 12.7. The molecule has 0 saturated heterocycles. The molecule has 0 aliphatic rings. The smallest absolute Gasteiger partial charge is 0.334 e. The second-order valence-electron chi connectivity index (χ2n) is 7.93. The van der Waals surface area contributed by atoms with E-state index in [-0.39, 0.29) is 30.1 Å². The lowest BCUT2D eigenvalue weighted by Gasteiger charge is -2.20. The molecule has 31 heavy (non-hydrogen) atoms. The number of benzene rings is 2. The molecular weight excluding hydrogens is 421 g/mol. The van der Waals surface area contributed by atoms with Crippen molar-refractivity contribution in [1.29, 1.82) is 0 Å². The first-order valence-corrected chi connectivity index (χ1v) is 11.4. The van der Waals surface area contributed by atoms with E-state index < -0.39 is 27.3 Å². The third-order valence-electron chi connectivity index (χ3n) is 4.21. The van der Waals surface area contributed by atoms with E-state index in [9.17, 15) is 22.7 Å². The maximum Gasteiger partial charge on any atom is 0.334 e. The van der Waals surface area contributed by atoms with Crippen LogP contribution in [0, 0.1) is 5.82 Å². The van der Waals surface area contributed by atoms with Gasteiger partial charge in [0.15, 0.2) is 0 Å². The van der Waals surface area contributed by atoms with Crippen LogP contribution >= 0.6 is 0 Å². The number of carbonyl (C=O) groups is 1. The molecule has 6 nitrogen and oxygen atoms in total. The number of aliphatic hydroxyl groups is 1. The van der Waals surface area contributed by atoms with Crippen LogP contribution in [0.3, 0.4) is 0 Å². The van der Waals surface area contributed by atoms with Gasteiger partial charge < -0.3 is 9.84 Å². The third-order valence-corrected chi connectivity index (χ3v) is 5.99. The van der Waals surface area contributed by atoms with Crippen molar-refractivity contribution < 1.29 is 27.4 Å². The van der Waals surface area contributed by atoms with Crippen LogP contribution in [0.1, 0.15) is 45.2 Å². The van der Waals surface area contributed by atoms with Gasteiger partial charge >= 0.3 is 5.97 Å². The molecule has 2 rings (SSSR count). The Kier molecular flexibility index (Phi) is 8.11. The van der Waals surface area contributed by atoms with Gasteiger partial charge in [-0.2, -0.15) is 0 Å². The zero-order chi connectivity index (χ0) is 23.2. The summed E-state index contributed by atoms with van der Waals surface area (Å²) in [6, 6.07) is 11.6. The van der Waals surface area contributed by atoms with Gasteiger partial charge in [-0.05, 0) is 68.7 Å². The molecule has 0 aromatic heterocycles. The van der Waals surface area contributed by atoms with Gasteiger partial charge in [-0.1, -0.05) is 24.3 Å². The summed E-state index contributed by atoms with van der Waals surface area (Å²) in [5.41, 5.74) is 1.10. The number of hydrogen-bond acceptors (Lipinski definition) is 5. The van der Waals surface area contributed by atoms with Crippen molar-refractivity contribution in [2.75, 3.05) is 13.2 Å². The summed E-state index contributed by atoms with van der Waals surface area (Å²) in [6.45, 7) is 6.77. The molecule has 0 radical (unpaired) electrons. The zero-order valence-electron chi connectivity index (χ0n) is 18.1. The summed E-state index contributed by atoms with van der Waals surface area (Å²) >= 11 is 0. The van der Waals surface area contributed by atoms with Crippen LogP contribution in [0.4, 0.5) is 4.39 Å². The summed E-state index contributed by atoms with van der Waals surface area (Å²) in [5.74, 6) is -1.03. The topological polar surface area (TPSA) is 92.7 Å². The van der Waals surface area contributed by atoms with Crippen LogP contribution < -0.4 is 4.72 Å². The molecule has 168 valence electrons. The Hall–Kier alpha value is -2.55. The van der Waals surface area contributed by atoms with Gasteiger partial charge in [-0.25, -0.2) is 22.3 Å². The van der Waals surface area contributed by atoms with Gasteiger partial charge in [0.1, 0.15) is 5.82 Å². The minimum atomic E-state index is -3.73. The van der Waals surface area contributed by atoms with Crippen molar-refractivity contribution >= 4 is 21.6 Å². The Morgan fingerprint density at radius 2 is 1.55 bits per heavy atom. The predicted molar refractivity (Wildman–Crippen MR) is 117 cm³/mol. The molecule has 0 fully saturated rings. The standard InChI is InChI=1S/C23H28FNO5S/c1-5-30-22(27)20(14-15-26)21(16-6-10-18(24)11-7-16)17-8-12-19(13-9-17)31(28,29)25-23(2,3)4/h6-13,25-26H,5,14-15H2,1-4H3. The van der Waals surface area contributed by atoms with Crippen molar-refractivity contribution in [3.05, 3.63) is 71.0 Å². The lowest BCUT2D eigenvalue weighted by molar-refractivity contribution is -0.138. The Bertz CT molecular complexity index is 1040. The summed E-state index contributed by atoms with van der Waals surface area (Å²) in [6.07, 6.45) is 0.0250. The SMILES string of the molecule is CCOC(=O)C(CCO)=C(c1ccc(F)cc1)c1ccc(S(=O)(=O)NC(C)(C)C)cc1. The van der Waals surface area contributed by atoms with Crippen LogP contribution in [0.25, 0.3) is 5.57 Å². The van der Waals surface area contributed by atoms with Gasteiger partial charge in [-0.15, -0.1) is 0 Å². The molecule has 2 aromatic carbocycles. The Morgan fingerprint density at radius 1 is 1.03 bits per heavy atom. The molecule has 2 N–H and O–H groups in total. The fraction of sp³-hybridized carbons (Fsp3) is 0.348. The molecule has 0 atom stereocenters. The quantitative estimate of drug-likeness (QED) is 0.474. The number of sulfonamides is 1. The highest BCUT2D eigenvalue weighted by atomic mass is 32.2. The van der Waals surface area contributed by atoms with Crippen molar-refractivity contribution in [2.45, 2.75) is 44.6 Å². The highest BCUT2D eigenvalue weighted by Gasteiger charge is 2.23. The number of nitrogens with one attached hydrogen (secondary N) is 1. The number of esters is 1. The van der Waals surface area contributed by atoms with Gasteiger partial charge in [0, 0.05) is 24.1 Å². The van der Waals surface area contributed by atoms with E-state index in [1.807, 2.05) is 0 Å². The molecule has 0 spiro atoms. The molecule has 0 heterocycles. The predicted octanol–water partition coefficient (Wildman–Crippen LogP) is 3.65. The van der Waals surface area contributed by atoms with Crippen molar-refractivity contribution in [2.24, 2.45) is 0 Å². The molecule has 0 amide bonds. The maximum atomic E-state index is 13.5. The minimum Gasteiger partial charge on any atom is -0.463 e. The fourth-order valence-corrected chi connectivity index (χ4v) is 4.47. The number of rotatable bonds is 8. The summed E-state index contributed by atoms with van der Waals surface area (Å²) in [7, 11) is -3.73. The summed E-state index contributed by atoms with van der Waals surface area (Å²) < 4.78 is 46.4. The van der Waals surface area contributed by atoms with E-state index in [1.165, 1.54) is 36.4 Å². The van der Waals surface area contributed by atoms with E-state index in [0.29, 0.717) is 16.7 Å². The Morgan fingerprint density at radius 3 is 2.00 bits per heavy atom. The first kappa shape index (κ1) is 24.7. The van der Waals surface area contributed by atoms with Crippen LogP contribution in [0.2, 0.25) is 0 Å². The molecule has 8 heteroatoms. The fourth-order valence-electron chi connectivity index (χ4n) is 3.05. The molecule has 2 aromatic rings. The average Bonchev–Trinajstić information content (AvgIpc) is 2.68. The second-order valence-corrected chi connectivity index (χ2v) is 9.62. The highest BCUT2D eigenvalue weighted by Crippen LogP contribution is 2.30. The molecule has 0 bridgehead atoms. The van der Waals surface area contributed by atoms with Crippen molar-refractivity contribution in [1.82, 2.24) is 4.72 Å². The van der Waals surface area contributed by atoms with E-state index in [4.69, 9.17) is 4.74 Å². The molecule has 0 aliphatic carbocycles. The first-order valence-electron chi connectivity index (χ1n) is 9.90. The number of hydrogen-bond donors (Lipinski definition) is 2. The van der Waals surface area contributed by atoms with Crippen LogP contribution in [0.15, 0.2) is 59.0 Å². The number of carbonyl (C=O) groups excluding carboxylic acids is 1. The van der Waals surface area contributed by atoms with E-state index in [0.717, 1.165) is 0 Å². The monoisotopic (exact) mass is 449 g/mol. The number of aliphatic hydroxyl groups excluding tert-OH is 1. The maximum absolute atomic E-state index is 13.5. The van der Waals surface area contributed by atoms with Gasteiger partial charge in [0.25, 0.3) is 0 Å². The molecule has 0 unspecified atom stereocenters. The highest BCUT2D eigenvalue weighted by molar-refractivity contribution is 7.89. The van der Waals surface area contributed by atoms with Crippen LogP contribution in [-0.4, -0.2) is 38.2 Å². The third kappa shape index (κ3) is 6.72. The Balaban J connectivity index is 2.63. The average molecular weight is 450 g/mol. The zero-order valence-corrected chi connectivity index (χ0v) is 18.9. The van der Waals surface area contributed by atoms with E-state index in [2.05, 4.69) is 4.72 Å². The van der Waals surface area contributed by atoms with Crippen LogP contribution in [0.5, 0.6) is 0 Å². The second kappa shape index (κ2) is 10.2. The Labute approximate surface area is 182 Å². The van der Waals surface area contributed by atoms with Gasteiger partial charge in [-0.3, -0.25) is 0 Å². The largest absolute Gasteiger partial charge is 0.463 e. The van der Waals surface area contributed by atoms with E-state index >= 15 is 0 Å². The van der Waals surface area contributed by atoms with Crippen molar-refractivity contribution in [3.8, 4) is 0 Å².